The predicted octanol–water partition coefficient (Wildman–Crippen LogP) is 1.73. The number of halogens is 4. The first-order valence-corrected chi connectivity index (χ1v) is 5.44. The number of alkyl halides is 4. The van der Waals surface area contributed by atoms with Crippen LogP contribution in [0.5, 0.6) is 5.75 Å². The molecule has 9 heteroatoms. The fourth-order valence-electron chi connectivity index (χ4n) is 1.36. The maximum atomic E-state index is 12.2. The third-order valence-corrected chi connectivity index (χ3v) is 2.37. The molecule has 0 amide bonds. The van der Waals surface area contributed by atoms with Crippen molar-refractivity contribution >= 4 is 17.6 Å². The Morgan fingerprint density at radius 2 is 2.11 bits per heavy atom. The van der Waals surface area contributed by atoms with Gasteiger partial charge in [0.2, 0.25) is 0 Å². The average Bonchev–Trinajstić information content (AvgIpc) is 2.29. The second-order valence-electron chi connectivity index (χ2n) is 3.39. The predicted molar refractivity (Wildman–Crippen MR) is 59.0 cm³/mol. The van der Waals surface area contributed by atoms with Gasteiger partial charge in [0.25, 0.3) is 5.56 Å². The average molecular weight is 300 g/mol. The summed E-state index contributed by atoms with van der Waals surface area (Å²) in [6.07, 6.45) is -5.48. The van der Waals surface area contributed by atoms with Crippen molar-refractivity contribution in [3.05, 3.63) is 27.7 Å². The van der Waals surface area contributed by atoms with Gasteiger partial charge in [0.05, 0.1) is 19.4 Å². The van der Waals surface area contributed by atoms with Crippen LogP contribution in [-0.4, -0.2) is 24.4 Å². The van der Waals surface area contributed by atoms with E-state index in [-0.39, 0.29) is 17.1 Å². The molecule has 106 valence electrons. The van der Waals surface area contributed by atoms with E-state index in [0.717, 1.165) is 7.11 Å². The molecule has 1 N–H and O–H groups in total. The number of ether oxygens (including phenoxy) is 2. The fraction of sp³-hybridized carbons (Fsp3) is 0.400. The summed E-state index contributed by atoms with van der Waals surface area (Å²) >= 11 is 5.51. The molecule has 0 atom stereocenters. The summed E-state index contributed by atoms with van der Waals surface area (Å²) in [6.45, 7) is 0. The monoisotopic (exact) mass is 299 g/mol. The van der Waals surface area contributed by atoms with Gasteiger partial charge in [-0.15, -0.1) is 24.8 Å². The molecule has 0 aliphatic rings. The Labute approximate surface area is 110 Å². The zero-order valence-corrected chi connectivity index (χ0v) is 10.4. The van der Waals surface area contributed by atoms with Crippen molar-refractivity contribution < 1.29 is 27.4 Å². The first-order valence-electron chi connectivity index (χ1n) is 4.90. The van der Waals surface area contributed by atoms with Crippen molar-refractivity contribution in [2.45, 2.75) is 18.7 Å². The molecule has 0 unspecified atom stereocenters. The Hall–Kier alpha value is -1.70. The third kappa shape index (κ3) is 4.47. The first-order chi connectivity index (χ1) is 8.76. The molecule has 0 saturated heterocycles. The second-order valence-corrected chi connectivity index (χ2v) is 3.66. The van der Waals surface area contributed by atoms with Gasteiger partial charge in [-0.2, -0.15) is 0 Å². The maximum Gasteiger partial charge on any atom is 0.573 e. The van der Waals surface area contributed by atoms with E-state index in [9.17, 15) is 22.8 Å². The van der Waals surface area contributed by atoms with Crippen LogP contribution >= 0.6 is 11.6 Å². The van der Waals surface area contributed by atoms with Crippen LogP contribution in [0.15, 0.2) is 10.9 Å². The number of H-pyrrole nitrogens is 1. The summed E-state index contributed by atoms with van der Waals surface area (Å²) in [6, 6.07) is 0.599. The number of aromatic nitrogens is 1. The molecule has 0 bridgehead atoms. The van der Waals surface area contributed by atoms with E-state index in [1.54, 1.807) is 0 Å². The van der Waals surface area contributed by atoms with Gasteiger partial charge in [0.1, 0.15) is 5.75 Å². The highest BCUT2D eigenvalue weighted by atomic mass is 35.5. The van der Waals surface area contributed by atoms with Crippen LogP contribution in [0, 0.1) is 0 Å². The molecular weight excluding hydrogens is 291 g/mol. The van der Waals surface area contributed by atoms with Crippen molar-refractivity contribution in [1.82, 2.24) is 4.98 Å². The summed E-state index contributed by atoms with van der Waals surface area (Å²) in [5.41, 5.74) is -1.01. The lowest BCUT2D eigenvalue weighted by atomic mass is 10.1. The quantitative estimate of drug-likeness (QED) is 0.679. The number of carbonyl (C=O) groups is 1. The number of pyridine rings is 1. The fourth-order valence-corrected chi connectivity index (χ4v) is 1.58. The van der Waals surface area contributed by atoms with E-state index < -0.39 is 30.1 Å². The molecule has 0 fully saturated rings. The number of aromatic amines is 1. The van der Waals surface area contributed by atoms with Crippen LogP contribution in [-0.2, 0) is 21.8 Å². The van der Waals surface area contributed by atoms with Crippen molar-refractivity contribution in [2.24, 2.45) is 0 Å². The van der Waals surface area contributed by atoms with Crippen molar-refractivity contribution in [3.63, 3.8) is 0 Å². The molecule has 0 spiro atoms. The Morgan fingerprint density at radius 1 is 1.47 bits per heavy atom. The Morgan fingerprint density at radius 3 is 2.58 bits per heavy atom. The number of hydrogen-bond donors (Lipinski definition) is 1. The van der Waals surface area contributed by atoms with Crippen molar-refractivity contribution in [3.8, 4) is 5.75 Å². The zero-order valence-electron chi connectivity index (χ0n) is 9.64. The topological polar surface area (TPSA) is 68.4 Å². The zero-order chi connectivity index (χ0) is 14.6. The van der Waals surface area contributed by atoms with Gasteiger partial charge in [0, 0.05) is 17.3 Å². The van der Waals surface area contributed by atoms with E-state index >= 15 is 0 Å². The van der Waals surface area contributed by atoms with E-state index in [0.29, 0.717) is 6.07 Å². The molecule has 0 saturated carbocycles. The van der Waals surface area contributed by atoms with Crippen LogP contribution < -0.4 is 10.3 Å². The number of esters is 1. The van der Waals surface area contributed by atoms with E-state index in [4.69, 9.17) is 11.6 Å². The highest BCUT2D eigenvalue weighted by molar-refractivity contribution is 6.17. The molecule has 0 aliphatic carbocycles. The highest BCUT2D eigenvalue weighted by Gasteiger charge is 2.33. The molecular formula is C10H9ClF3NO4. The van der Waals surface area contributed by atoms with Crippen molar-refractivity contribution in [1.29, 1.82) is 0 Å². The third-order valence-electron chi connectivity index (χ3n) is 2.11. The van der Waals surface area contributed by atoms with E-state index in [1.165, 1.54) is 0 Å². The minimum absolute atomic E-state index is 0.0289. The molecule has 5 nitrogen and oxygen atoms in total. The Bertz CT molecular complexity index is 526. The number of nitrogens with one attached hydrogen (secondary N) is 1. The van der Waals surface area contributed by atoms with Gasteiger partial charge >= 0.3 is 12.3 Å². The minimum Gasteiger partial charge on any atom is -0.469 e. The van der Waals surface area contributed by atoms with Gasteiger partial charge in [-0.1, -0.05) is 0 Å². The van der Waals surface area contributed by atoms with Gasteiger partial charge in [0.15, 0.2) is 0 Å². The van der Waals surface area contributed by atoms with Crippen molar-refractivity contribution in [2.75, 3.05) is 7.11 Å². The molecule has 0 aliphatic heterocycles. The lowest BCUT2D eigenvalue weighted by molar-refractivity contribution is -0.275. The highest BCUT2D eigenvalue weighted by Crippen LogP contribution is 2.27. The lowest BCUT2D eigenvalue weighted by Gasteiger charge is -2.14. The smallest absolute Gasteiger partial charge is 0.469 e. The number of carbonyl (C=O) groups excluding carboxylic acids is 1. The second kappa shape index (κ2) is 5.96. The Balaban J connectivity index is 3.29. The summed E-state index contributed by atoms with van der Waals surface area (Å²) in [5.74, 6) is -1.83. The number of methoxy groups -OCH3 is 1. The molecule has 1 heterocycles. The number of rotatable bonds is 4. The minimum atomic E-state index is -4.98. The van der Waals surface area contributed by atoms with Crippen LogP contribution in [0.25, 0.3) is 0 Å². The SMILES string of the molecule is COC(=O)Cc1c(OC(F)(F)F)cc(=O)[nH]c1CCl. The molecule has 0 radical (unpaired) electrons. The number of hydrogen-bond acceptors (Lipinski definition) is 4. The summed E-state index contributed by atoms with van der Waals surface area (Å²) in [4.78, 5) is 24.6. The maximum absolute atomic E-state index is 12.2. The van der Waals surface area contributed by atoms with Crippen LogP contribution in [0.1, 0.15) is 11.3 Å². The van der Waals surface area contributed by atoms with Gasteiger partial charge in [-0.25, -0.2) is 0 Å². The van der Waals surface area contributed by atoms with E-state index in [1.807, 2.05) is 0 Å². The molecule has 0 aromatic carbocycles. The molecule has 1 aromatic rings. The van der Waals surface area contributed by atoms with Gasteiger partial charge < -0.3 is 14.5 Å². The standard InChI is InChI=1S/C10H9ClF3NO4/c1-18-9(17)2-5-6(4-11)15-8(16)3-7(5)19-10(12,13)14/h3H,2,4H2,1H3,(H,15,16). The van der Waals surface area contributed by atoms with Gasteiger partial charge in [-0.3, -0.25) is 9.59 Å². The van der Waals surface area contributed by atoms with Gasteiger partial charge in [-0.05, 0) is 0 Å². The van der Waals surface area contributed by atoms with Crippen LogP contribution in [0.4, 0.5) is 13.2 Å². The van der Waals surface area contributed by atoms with E-state index in [2.05, 4.69) is 14.5 Å². The van der Waals surface area contributed by atoms with Crippen LogP contribution in [0.2, 0.25) is 0 Å². The normalized spacial score (nSPS) is 11.2. The molecule has 1 aromatic heterocycles. The largest absolute Gasteiger partial charge is 0.573 e. The lowest BCUT2D eigenvalue weighted by Crippen LogP contribution is -2.22. The Kier molecular flexibility index (Phi) is 4.82. The molecule has 19 heavy (non-hydrogen) atoms. The summed E-state index contributed by atoms with van der Waals surface area (Å²) in [7, 11) is 1.08. The summed E-state index contributed by atoms with van der Waals surface area (Å²) in [5, 5.41) is 0. The molecule has 1 rings (SSSR count). The first kappa shape index (κ1) is 15.4. The van der Waals surface area contributed by atoms with Crippen LogP contribution in [0.3, 0.4) is 0 Å². The summed E-state index contributed by atoms with van der Waals surface area (Å²) < 4.78 is 44.7.